The van der Waals surface area contributed by atoms with E-state index in [2.05, 4.69) is 5.32 Å². The van der Waals surface area contributed by atoms with Gasteiger partial charge in [-0.2, -0.15) is 0 Å². The number of allylic oxidation sites excluding steroid dienone is 3. The lowest BCUT2D eigenvalue weighted by atomic mass is 10.0. The van der Waals surface area contributed by atoms with Gasteiger partial charge in [-0.25, -0.2) is 13.2 Å². The molecule has 2 rings (SSSR count). The van der Waals surface area contributed by atoms with Gasteiger partial charge in [0.1, 0.15) is 5.76 Å². The molecule has 1 heterocycles. The zero-order valence-corrected chi connectivity index (χ0v) is 11.0. The summed E-state index contributed by atoms with van der Waals surface area (Å²) in [5.41, 5.74) is 0.788. The molecule has 0 aromatic carbocycles. The van der Waals surface area contributed by atoms with E-state index in [9.17, 15) is 13.2 Å². The topological polar surface area (TPSA) is 92.7 Å². The quantitative estimate of drug-likeness (QED) is 0.812. The summed E-state index contributed by atoms with van der Waals surface area (Å²) in [4.78, 5) is 10.9. The monoisotopic (exact) mass is 283 g/mol. The second-order valence-electron chi connectivity index (χ2n) is 4.20. The Labute approximate surface area is 110 Å². The third kappa shape index (κ3) is 3.47. The number of hydrogen-bond donors (Lipinski definition) is 2. The smallest absolute Gasteiger partial charge is 0.335 e. The van der Waals surface area contributed by atoms with Crippen molar-refractivity contribution in [3.63, 3.8) is 0 Å². The Balaban J connectivity index is 2.17. The Morgan fingerprint density at radius 3 is 2.79 bits per heavy atom. The molecule has 0 fully saturated rings. The van der Waals surface area contributed by atoms with Gasteiger partial charge < -0.3 is 15.2 Å². The Morgan fingerprint density at radius 2 is 2.16 bits per heavy atom. The van der Waals surface area contributed by atoms with Crippen molar-refractivity contribution >= 4 is 15.8 Å². The molecule has 0 aromatic rings. The van der Waals surface area contributed by atoms with Crippen molar-refractivity contribution in [1.29, 1.82) is 0 Å². The van der Waals surface area contributed by atoms with Gasteiger partial charge >= 0.3 is 5.97 Å². The predicted octanol–water partition coefficient (Wildman–Crippen LogP) is 1.37. The van der Waals surface area contributed by atoms with E-state index in [4.69, 9.17) is 9.84 Å². The number of carboxylic acid groups (broad SMARTS) is 1. The number of sulfone groups is 1. The van der Waals surface area contributed by atoms with Crippen LogP contribution in [0.5, 0.6) is 0 Å². The molecule has 0 spiro atoms. The molecule has 102 valence electrons. The summed E-state index contributed by atoms with van der Waals surface area (Å²) in [6.07, 6.45) is 4.26. The van der Waals surface area contributed by atoms with Gasteiger partial charge in [-0.1, -0.05) is 6.08 Å². The Hall–Kier alpha value is -2.02. The van der Waals surface area contributed by atoms with Crippen molar-refractivity contribution in [3.05, 3.63) is 45.9 Å². The molecule has 0 bridgehead atoms. The average molecular weight is 283 g/mol. The van der Waals surface area contributed by atoms with Crippen LogP contribution in [0.2, 0.25) is 0 Å². The highest BCUT2D eigenvalue weighted by Crippen LogP contribution is 2.20. The summed E-state index contributed by atoms with van der Waals surface area (Å²) in [6, 6.07) is 0. The van der Waals surface area contributed by atoms with Crippen molar-refractivity contribution in [2.75, 3.05) is 0 Å². The van der Waals surface area contributed by atoms with Crippen molar-refractivity contribution in [2.24, 2.45) is 0 Å². The molecule has 0 atom stereocenters. The average Bonchev–Trinajstić information content (AvgIpc) is 2.26. The molecule has 7 heteroatoms. The first kappa shape index (κ1) is 13.4. The van der Waals surface area contributed by atoms with Crippen LogP contribution in [-0.4, -0.2) is 19.5 Å². The largest absolute Gasteiger partial charge is 0.478 e. The van der Waals surface area contributed by atoms with Crippen LogP contribution >= 0.6 is 0 Å². The Kier molecular flexibility index (Phi) is 3.48. The summed E-state index contributed by atoms with van der Waals surface area (Å²) in [7, 11) is -3.43. The lowest BCUT2D eigenvalue weighted by Crippen LogP contribution is -2.20. The first-order valence-electron chi connectivity index (χ1n) is 5.60. The number of ether oxygens (including phenoxy) is 1. The molecule has 19 heavy (non-hydrogen) atoms. The number of rotatable bonds is 3. The summed E-state index contributed by atoms with van der Waals surface area (Å²) in [5.74, 6) is -0.672. The van der Waals surface area contributed by atoms with Crippen molar-refractivity contribution in [2.45, 2.75) is 19.8 Å². The van der Waals surface area contributed by atoms with Gasteiger partial charge in [0.25, 0.3) is 0 Å². The lowest BCUT2D eigenvalue weighted by molar-refractivity contribution is -0.132. The number of nitrogens with one attached hydrogen (secondary N) is 1. The van der Waals surface area contributed by atoms with Gasteiger partial charge in [0.2, 0.25) is 15.7 Å². The predicted molar refractivity (Wildman–Crippen MR) is 68.0 cm³/mol. The molecule has 0 aromatic heterocycles. The molecule has 2 aliphatic rings. The molecule has 2 N–H and O–H groups in total. The van der Waals surface area contributed by atoms with E-state index >= 15 is 0 Å². The van der Waals surface area contributed by atoms with Crippen LogP contribution in [-0.2, 0) is 19.4 Å². The highest BCUT2D eigenvalue weighted by Gasteiger charge is 2.18. The lowest BCUT2D eigenvalue weighted by Gasteiger charge is -2.19. The molecule has 0 saturated heterocycles. The Bertz CT molecular complexity index is 637. The zero-order valence-electron chi connectivity index (χ0n) is 10.2. The zero-order chi connectivity index (χ0) is 14.0. The molecule has 1 aliphatic carbocycles. The SMILES string of the molecule is CC1=CS(=O)(=O)C=C(NC2=CC(C(=O)O)=CCC2)O1. The van der Waals surface area contributed by atoms with Gasteiger partial charge in [-0.05, 0) is 25.8 Å². The first-order chi connectivity index (χ1) is 8.85. The van der Waals surface area contributed by atoms with E-state index in [-0.39, 0.29) is 17.2 Å². The van der Waals surface area contributed by atoms with Crippen LogP contribution < -0.4 is 5.32 Å². The minimum atomic E-state index is -3.43. The van der Waals surface area contributed by atoms with Gasteiger partial charge in [-0.15, -0.1) is 0 Å². The van der Waals surface area contributed by atoms with Crippen LogP contribution in [0.25, 0.3) is 0 Å². The molecule has 6 nitrogen and oxygen atoms in total. The van der Waals surface area contributed by atoms with Crippen molar-refractivity contribution < 1.29 is 23.1 Å². The van der Waals surface area contributed by atoms with Crippen LogP contribution in [0.4, 0.5) is 0 Å². The normalized spacial score (nSPS) is 21.3. The number of carboxylic acids is 1. The fourth-order valence-electron chi connectivity index (χ4n) is 1.80. The highest BCUT2D eigenvalue weighted by atomic mass is 32.2. The fourth-order valence-corrected chi connectivity index (χ4v) is 2.78. The van der Waals surface area contributed by atoms with Gasteiger partial charge in [0, 0.05) is 5.70 Å². The summed E-state index contributed by atoms with van der Waals surface area (Å²) in [6.45, 7) is 1.53. The summed E-state index contributed by atoms with van der Waals surface area (Å²) >= 11 is 0. The van der Waals surface area contributed by atoms with Crippen LogP contribution in [0, 0.1) is 0 Å². The first-order valence-corrected chi connectivity index (χ1v) is 7.21. The van der Waals surface area contributed by atoms with Crippen LogP contribution in [0.1, 0.15) is 19.8 Å². The molecule has 0 unspecified atom stereocenters. The van der Waals surface area contributed by atoms with Gasteiger partial charge in [0.05, 0.1) is 16.4 Å². The molecular formula is C12H13NO5S. The third-order valence-electron chi connectivity index (χ3n) is 2.51. The highest BCUT2D eigenvalue weighted by molar-refractivity contribution is 7.97. The number of aliphatic carboxylic acids is 1. The molecule has 0 radical (unpaired) electrons. The van der Waals surface area contributed by atoms with Crippen molar-refractivity contribution in [3.8, 4) is 0 Å². The molecular weight excluding hydrogens is 270 g/mol. The van der Waals surface area contributed by atoms with Gasteiger partial charge in [0.15, 0.2) is 0 Å². The standard InChI is InChI=1S/C12H13NO5S/c1-8-6-19(16,17)7-11(18-8)13-10-4-2-3-9(5-10)12(14)15/h3,5-7,13H,2,4H2,1H3,(H,14,15). The number of hydrogen-bond acceptors (Lipinski definition) is 5. The van der Waals surface area contributed by atoms with Gasteiger partial charge in [-0.3, -0.25) is 0 Å². The maximum atomic E-state index is 11.5. The van der Waals surface area contributed by atoms with E-state index in [0.29, 0.717) is 18.5 Å². The van der Waals surface area contributed by atoms with E-state index < -0.39 is 15.8 Å². The van der Waals surface area contributed by atoms with Crippen LogP contribution in [0.3, 0.4) is 0 Å². The van der Waals surface area contributed by atoms with E-state index in [0.717, 1.165) is 10.8 Å². The molecule has 1 aliphatic heterocycles. The minimum absolute atomic E-state index is 0.0814. The van der Waals surface area contributed by atoms with E-state index in [1.54, 1.807) is 6.08 Å². The maximum Gasteiger partial charge on any atom is 0.335 e. The molecule has 0 amide bonds. The fraction of sp³-hybridized carbons (Fsp3) is 0.250. The minimum Gasteiger partial charge on any atom is -0.478 e. The van der Waals surface area contributed by atoms with Crippen molar-refractivity contribution in [1.82, 2.24) is 5.32 Å². The second kappa shape index (κ2) is 4.93. The molecule has 0 saturated carbocycles. The second-order valence-corrected chi connectivity index (χ2v) is 5.85. The number of carbonyl (C=O) groups is 1. The van der Waals surface area contributed by atoms with E-state index in [1.165, 1.54) is 13.0 Å². The third-order valence-corrected chi connectivity index (χ3v) is 3.71. The van der Waals surface area contributed by atoms with Crippen LogP contribution in [0.15, 0.2) is 45.9 Å². The maximum absolute atomic E-state index is 11.5. The summed E-state index contributed by atoms with van der Waals surface area (Å²) in [5, 5.41) is 13.7. The Morgan fingerprint density at radius 1 is 1.42 bits per heavy atom. The van der Waals surface area contributed by atoms with E-state index in [1.807, 2.05) is 0 Å². The summed E-state index contributed by atoms with van der Waals surface area (Å²) < 4.78 is 28.2.